The molecule has 1 heterocycles. The van der Waals surface area contributed by atoms with Crippen molar-refractivity contribution in [2.45, 2.75) is 51.8 Å². The van der Waals surface area contributed by atoms with Crippen molar-refractivity contribution in [1.29, 1.82) is 0 Å². The summed E-state index contributed by atoms with van der Waals surface area (Å²) in [6.45, 7) is 13.2. The van der Waals surface area contributed by atoms with Crippen molar-refractivity contribution in [1.82, 2.24) is 4.90 Å². The van der Waals surface area contributed by atoms with Gasteiger partial charge in [-0.3, -0.25) is 0 Å². The summed E-state index contributed by atoms with van der Waals surface area (Å²) in [5.74, 6) is 0.899. The third-order valence-corrected chi connectivity index (χ3v) is 4.21. The zero-order chi connectivity index (χ0) is 11.5. The van der Waals surface area contributed by atoms with Crippen LogP contribution in [0, 0.1) is 11.3 Å². The molecule has 0 bridgehead atoms. The Morgan fingerprint density at radius 3 is 2.20 bits per heavy atom. The van der Waals surface area contributed by atoms with Crippen LogP contribution in [0.2, 0.25) is 0 Å². The molecule has 0 N–H and O–H groups in total. The summed E-state index contributed by atoms with van der Waals surface area (Å²) in [7, 11) is 0. The van der Waals surface area contributed by atoms with Crippen LogP contribution in [0.15, 0.2) is 0 Å². The van der Waals surface area contributed by atoms with E-state index in [9.17, 15) is 0 Å². The molecule has 1 unspecified atom stereocenters. The molecule has 2 heteroatoms. The van der Waals surface area contributed by atoms with E-state index in [-0.39, 0.29) is 0 Å². The lowest BCUT2D eigenvalue weighted by atomic mass is 9.90. The van der Waals surface area contributed by atoms with Gasteiger partial charge in [-0.1, -0.05) is 43.6 Å². The first-order chi connectivity index (χ1) is 6.88. The number of alkyl halides is 1. The van der Waals surface area contributed by atoms with E-state index in [0.717, 1.165) is 5.92 Å². The number of likely N-dealkylation sites (tertiary alicyclic amines) is 1. The Hall–Kier alpha value is 0.440. The first-order valence-electron chi connectivity index (χ1n) is 6.25. The first-order valence-corrected chi connectivity index (χ1v) is 7.16. The van der Waals surface area contributed by atoms with Crippen LogP contribution in [0.1, 0.15) is 47.0 Å². The van der Waals surface area contributed by atoms with E-state index in [0.29, 0.717) is 10.2 Å². The van der Waals surface area contributed by atoms with Gasteiger partial charge in [0.15, 0.2) is 0 Å². The van der Waals surface area contributed by atoms with Gasteiger partial charge in [-0.15, -0.1) is 0 Å². The van der Waals surface area contributed by atoms with E-state index in [2.05, 4.69) is 48.5 Å². The van der Waals surface area contributed by atoms with E-state index in [1.165, 1.54) is 38.9 Å². The van der Waals surface area contributed by atoms with E-state index in [1.54, 1.807) is 0 Å². The van der Waals surface area contributed by atoms with E-state index < -0.39 is 0 Å². The van der Waals surface area contributed by atoms with Gasteiger partial charge in [0.2, 0.25) is 0 Å². The molecule has 0 aromatic heterocycles. The predicted molar refractivity (Wildman–Crippen MR) is 71.6 cm³/mol. The minimum Gasteiger partial charge on any atom is -0.303 e. The highest BCUT2D eigenvalue weighted by atomic mass is 79.9. The van der Waals surface area contributed by atoms with Gasteiger partial charge in [0.05, 0.1) is 0 Å². The van der Waals surface area contributed by atoms with Crippen LogP contribution in [-0.2, 0) is 0 Å². The number of halogens is 1. The Labute approximate surface area is 104 Å². The summed E-state index contributed by atoms with van der Waals surface area (Å²) in [4.78, 5) is 3.33. The zero-order valence-electron chi connectivity index (χ0n) is 10.7. The third kappa shape index (κ3) is 5.35. The Morgan fingerprint density at radius 1 is 1.27 bits per heavy atom. The van der Waals surface area contributed by atoms with Gasteiger partial charge in [-0.05, 0) is 50.2 Å². The molecule has 1 atom stereocenters. The predicted octanol–water partition coefficient (Wildman–Crippen LogP) is 3.92. The zero-order valence-corrected chi connectivity index (χ0v) is 12.3. The standard InChI is InChI=1S/C13H26BrN/c1-11(14)12-5-8-15(9-6-12)10-7-13(2,3)4/h11-12H,5-10H2,1-4H3. The molecule has 0 saturated carbocycles. The fourth-order valence-corrected chi connectivity index (χ4v) is 2.66. The van der Waals surface area contributed by atoms with E-state index >= 15 is 0 Å². The van der Waals surface area contributed by atoms with Gasteiger partial charge in [-0.2, -0.15) is 0 Å². The maximum Gasteiger partial charge on any atom is 0.0146 e. The van der Waals surface area contributed by atoms with Crippen molar-refractivity contribution in [3.8, 4) is 0 Å². The maximum atomic E-state index is 3.71. The van der Waals surface area contributed by atoms with Crippen molar-refractivity contribution in [2.75, 3.05) is 19.6 Å². The molecule has 0 radical (unpaired) electrons. The molecule has 90 valence electrons. The highest BCUT2D eigenvalue weighted by molar-refractivity contribution is 9.09. The molecule has 15 heavy (non-hydrogen) atoms. The summed E-state index contributed by atoms with van der Waals surface area (Å²) in [5.41, 5.74) is 0.486. The SMILES string of the molecule is CC(Br)C1CCN(CCC(C)(C)C)CC1. The molecular formula is C13H26BrN. The largest absolute Gasteiger partial charge is 0.303 e. The van der Waals surface area contributed by atoms with Gasteiger partial charge >= 0.3 is 0 Å². The van der Waals surface area contributed by atoms with Gasteiger partial charge in [0, 0.05) is 4.83 Å². The number of nitrogens with zero attached hydrogens (tertiary/aromatic N) is 1. The summed E-state index contributed by atoms with van der Waals surface area (Å²) in [6, 6.07) is 0. The molecule has 1 aliphatic rings. The van der Waals surface area contributed by atoms with Crippen molar-refractivity contribution in [3.63, 3.8) is 0 Å². The number of rotatable bonds is 3. The molecule has 1 nitrogen and oxygen atoms in total. The molecule has 1 fully saturated rings. The smallest absolute Gasteiger partial charge is 0.0146 e. The third-order valence-electron chi connectivity index (χ3n) is 3.46. The first kappa shape index (κ1) is 13.5. The van der Waals surface area contributed by atoms with Crippen LogP contribution in [0.3, 0.4) is 0 Å². The minimum atomic E-state index is 0.486. The fraction of sp³-hybridized carbons (Fsp3) is 1.00. The average Bonchev–Trinajstić information content (AvgIpc) is 2.14. The Morgan fingerprint density at radius 2 is 1.80 bits per heavy atom. The van der Waals surface area contributed by atoms with Crippen LogP contribution in [0.25, 0.3) is 0 Å². The number of piperidine rings is 1. The molecule has 0 aliphatic carbocycles. The van der Waals surface area contributed by atoms with Crippen LogP contribution < -0.4 is 0 Å². The van der Waals surface area contributed by atoms with E-state index in [1.807, 2.05) is 0 Å². The molecule has 1 rings (SSSR count). The van der Waals surface area contributed by atoms with Crippen molar-refractivity contribution < 1.29 is 0 Å². The van der Waals surface area contributed by atoms with Gasteiger partial charge < -0.3 is 4.90 Å². The van der Waals surface area contributed by atoms with Gasteiger partial charge in [-0.25, -0.2) is 0 Å². The number of hydrogen-bond acceptors (Lipinski definition) is 1. The molecule has 0 amide bonds. The van der Waals surface area contributed by atoms with Crippen molar-refractivity contribution >= 4 is 15.9 Å². The maximum absolute atomic E-state index is 3.71. The van der Waals surface area contributed by atoms with Crippen LogP contribution >= 0.6 is 15.9 Å². The average molecular weight is 276 g/mol. The number of hydrogen-bond donors (Lipinski definition) is 0. The van der Waals surface area contributed by atoms with Crippen LogP contribution in [0.5, 0.6) is 0 Å². The summed E-state index contributed by atoms with van der Waals surface area (Å²) < 4.78 is 0. The summed E-state index contributed by atoms with van der Waals surface area (Å²) >= 11 is 3.71. The Kier molecular flexibility index (Phi) is 5.11. The molecule has 0 aromatic carbocycles. The normalized spacial score (nSPS) is 23.0. The highest BCUT2D eigenvalue weighted by Crippen LogP contribution is 2.26. The lowest BCUT2D eigenvalue weighted by Crippen LogP contribution is -2.37. The molecule has 0 aromatic rings. The minimum absolute atomic E-state index is 0.486. The fourth-order valence-electron chi connectivity index (χ4n) is 2.13. The Bertz CT molecular complexity index is 175. The van der Waals surface area contributed by atoms with Gasteiger partial charge in [0.25, 0.3) is 0 Å². The lowest BCUT2D eigenvalue weighted by Gasteiger charge is -2.34. The molecular weight excluding hydrogens is 250 g/mol. The van der Waals surface area contributed by atoms with Crippen LogP contribution in [-0.4, -0.2) is 29.4 Å². The quantitative estimate of drug-likeness (QED) is 0.706. The van der Waals surface area contributed by atoms with E-state index in [4.69, 9.17) is 0 Å². The summed E-state index contributed by atoms with van der Waals surface area (Å²) in [5, 5.41) is 0. The lowest BCUT2D eigenvalue weighted by molar-refractivity contribution is 0.164. The summed E-state index contributed by atoms with van der Waals surface area (Å²) in [6.07, 6.45) is 4.06. The van der Waals surface area contributed by atoms with Crippen molar-refractivity contribution in [3.05, 3.63) is 0 Å². The second-order valence-corrected chi connectivity index (χ2v) is 7.61. The second-order valence-electron chi connectivity index (χ2n) is 6.17. The van der Waals surface area contributed by atoms with Crippen molar-refractivity contribution in [2.24, 2.45) is 11.3 Å². The molecule has 1 aliphatic heterocycles. The second kappa shape index (κ2) is 5.67. The van der Waals surface area contributed by atoms with Crippen LogP contribution in [0.4, 0.5) is 0 Å². The topological polar surface area (TPSA) is 3.24 Å². The molecule has 0 spiro atoms. The highest BCUT2D eigenvalue weighted by Gasteiger charge is 2.23. The molecule has 1 saturated heterocycles. The Balaban J connectivity index is 2.20. The monoisotopic (exact) mass is 275 g/mol. The van der Waals surface area contributed by atoms with Gasteiger partial charge in [0.1, 0.15) is 0 Å².